The number of nitrogens with two attached hydrogens (primary N) is 1. The SMILES string of the molecule is CC1(C(=O)N2CC=C(C(F)(F)F)CC2)COCC1N. The molecule has 0 bridgehead atoms. The maximum atomic E-state index is 12.5. The lowest BCUT2D eigenvalue weighted by Crippen LogP contribution is -2.52. The summed E-state index contributed by atoms with van der Waals surface area (Å²) in [5.41, 5.74) is 4.46. The highest BCUT2D eigenvalue weighted by Gasteiger charge is 2.47. The minimum atomic E-state index is -4.30. The van der Waals surface area contributed by atoms with Crippen LogP contribution in [-0.2, 0) is 9.53 Å². The first-order valence-corrected chi connectivity index (χ1v) is 6.14. The van der Waals surface area contributed by atoms with E-state index in [4.69, 9.17) is 10.5 Å². The van der Waals surface area contributed by atoms with E-state index < -0.39 is 23.2 Å². The average molecular weight is 278 g/mol. The largest absolute Gasteiger partial charge is 0.412 e. The van der Waals surface area contributed by atoms with Gasteiger partial charge in [0.25, 0.3) is 0 Å². The third kappa shape index (κ3) is 2.62. The van der Waals surface area contributed by atoms with E-state index >= 15 is 0 Å². The monoisotopic (exact) mass is 278 g/mol. The Hall–Kier alpha value is -1.08. The molecule has 7 heteroatoms. The second-order valence-corrected chi connectivity index (χ2v) is 5.27. The van der Waals surface area contributed by atoms with E-state index in [-0.39, 0.29) is 32.0 Å². The minimum absolute atomic E-state index is 0.0179. The summed E-state index contributed by atoms with van der Waals surface area (Å²) in [5, 5.41) is 0. The summed E-state index contributed by atoms with van der Waals surface area (Å²) in [6.07, 6.45) is -3.39. The predicted octanol–water partition coefficient (Wildman–Crippen LogP) is 1.07. The number of hydrogen-bond acceptors (Lipinski definition) is 3. The van der Waals surface area contributed by atoms with Crippen molar-refractivity contribution in [3.8, 4) is 0 Å². The number of rotatable bonds is 1. The smallest absolute Gasteiger partial charge is 0.379 e. The predicted molar refractivity (Wildman–Crippen MR) is 62.2 cm³/mol. The first-order chi connectivity index (χ1) is 8.75. The zero-order chi connectivity index (χ0) is 14.3. The van der Waals surface area contributed by atoms with Crippen LogP contribution in [0.25, 0.3) is 0 Å². The van der Waals surface area contributed by atoms with Crippen LogP contribution in [0.2, 0.25) is 0 Å². The Kier molecular flexibility index (Phi) is 3.61. The van der Waals surface area contributed by atoms with Gasteiger partial charge in [-0.15, -0.1) is 0 Å². The molecule has 2 N–H and O–H groups in total. The number of nitrogens with zero attached hydrogens (tertiary/aromatic N) is 1. The molecular formula is C12H17F3N2O2. The number of amides is 1. The summed E-state index contributed by atoms with van der Waals surface area (Å²) in [4.78, 5) is 13.8. The van der Waals surface area contributed by atoms with E-state index in [1.807, 2.05) is 0 Å². The van der Waals surface area contributed by atoms with Crippen LogP contribution in [0.5, 0.6) is 0 Å². The van der Waals surface area contributed by atoms with Gasteiger partial charge in [-0.2, -0.15) is 13.2 Å². The van der Waals surface area contributed by atoms with Gasteiger partial charge in [0, 0.05) is 24.7 Å². The maximum absolute atomic E-state index is 12.5. The fourth-order valence-corrected chi connectivity index (χ4v) is 2.38. The van der Waals surface area contributed by atoms with E-state index in [0.717, 1.165) is 6.08 Å². The molecule has 0 aromatic heterocycles. The fourth-order valence-electron chi connectivity index (χ4n) is 2.38. The van der Waals surface area contributed by atoms with Crippen LogP contribution >= 0.6 is 0 Å². The molecule has 2 aliphatic heterocycles. The van der Waals surface area contributed by atoms with Crippen molar-refractivity contribution >= 4 is 5.91 Å². The van der Waals surface area contributed by atoms with Gasteiger partial charge < -0.3 is 15.4 Å². The van der Waals surface area contributed by atoms with Crippen molar-refractivity contribution in [3.05, 3.63) is 11.6 Å². The van der Waals surface area contributed by atoms with Crippen LogP contribution in [-0.4, -0.2) is 49.3 Å². The molecule has 0 spiro atoms. The molecule has 2 atom stereocenters. The van der Waals surface area contributed by atoms with Crippen LogP contribution in [0.4, 0.5) is 13.2 Å². The lowest BCUT2D eigenvalue weighted by molar-refractivity contribution is -0.142. The Labute approximate surface area is 109 Å². The second kappa shape index (κ2) is 4.79. The summed E-state index contributed by atoms with van der Waals surface area (Å²) in [7, 11) is 0. The number of halogens is 3. The van der Waals surface area contributed by atoms with Gasteiger partial charge in [-0.05, 0) is 13.3 Å². The topological polar surface area (TPSA) is 55.6 Å². The summed E-state index contributed by atoms with van der Waals surface area (Å²) in [6.45, 7) is 2.29. The van der Waals surface area contributed by atoms with Crippen molar-refractivity contribution in [2.45, 2.75) is 25.6 Å². The number of ether oxygens (including phenoxy) is 1. The Bertz CT molecular complexity index is 408. The first-order valence-electron chi connectivity index (χ1n) is 6.14. The third-order valence-corrected chi connectivity index (χ3v) is 3.87. The maximum Gasteiger partial charge on any atom is 0.412 e. The molecule has 2 heterocycles. The van der Waals surface area contributed by atoms with Crippen molar-refractivity contribution in [2.24, 2.45) is 11.1 Å². The van der Waals surface area contributed by atoms with Crippen molar-refractivity contribution in [1.82, 2.24) is 4.90 Å². The molecule has 1 fully saturated rings. The molecule has 1 saturated heterocycles. The Morgan fingerprint density at radius 2 is 2.26 bits per heavy atom. The van der Waals surface area contributed by atoms with Crippen LogP contribution in [0.1, 0.15) is 13.3 Å². The van der Waals surface area contributed by atoms with E-state index in [1.165, 1.54) is 4.90 Å². The van der Waals surface area contributed by atoms with Gasteiger partial charge in [0.05, 0.1) is 18.6 Å². The number of carbonyl (C=O) groups is 1. The molecule has 2 aliphatic rings. The Morgan fingerprint density at radius 3 is 2.68 bits per heavy atom. The van der Waals surface area contributed by atoms with Crippen molar-refractivity contribution in [2.75, 3.05) is 26.3 Å². The molecule has 2 rings (SSSR count). The van der Waals surface area contributed by atoms with Gasteiger partial charge in [-0.25, -0.2) is 0 Å². The lowest BCUT2D eigenvalue weighted by Gasteiger charge is -2.35. The van der Waals surface area contributed by atoms with Gasteiger partial charge in [0.2, 0.25) is 5.91 Å². The number of hydrogen-bond donors (Lipinski definition) is 1. The molecular weight excluding hydrogens is 261 g/mol. The Balaban J connectivity index is 2.06. The van der Waals surface area contributed by atoms with E-state index in [1.54, 1.807) is 6.92 Å². The number of carbonyl (C=O) groups excluding carboxylic acids is 1. The van der Waals surface area contributed by atoms with Crippen molar-refractivity contribution < 1.29 is 22.7 Å². The van der Waals surface area contributed by atoms with Gasteiger partial charge >= 0.3 is 6.18 Å². The van der Waals surface area contributed by atoms with Gasteiger partial charge in [0.1, 0.15) is 0 Å². The highest BCUT2D eigenvalue weighted by atomic mass is 19.4. The quantitative estimate of drug-likeness (QED) is 0.730. The molecule has 0 aromatic carbocycles. The molecule has 0 saturated carbocycles. The standard InChI is InChI=1S/C12H17F3N2O2/c1-11(7-19-6-9(11)16)10(18)17-4-2-8(3-5-17)12(13,14)15/h2,9H,3-7,16H2,1H3. The zero-order valence-electron chi connectivity index (χ0n) is 10.7. The van der Waals surface area contributed by atoms with Gasteiger partial charge in [0.15, 0.2) is 0 Å². The van der Waals surface area contributed by atoms with E-state index in [0.29, 0.717) is 6.61 Å². The summed E-state index contributed by atoms with van der Waals surface area (Å²) >= 11 is 0. The summed E-state index contributed by atoms with van der Waals surface area (Å²) in [5.74, 6) is -0.227. The fraction of sp³-hybridized carbons (Fsp3) is 0.750. The van der Waals surface area contributed by atoms with Crippen LogP contribution in [0, 0.1) is 5.41 Å². The highest BCUT2D eigenvalue weighted by molar-refractivity contribution is 5.84. The molecule has 19 heavy (non-hydrogen) atoms. The Morgan fingerprint density at radius 1 is 1.58 bits per heavy atom. The molecule has 0 aliphatic carbocycles. The van der Waals surface area contributed by atoms with E-state index in [2.05, 4.69) is 0 Å². The first kappa shape index (κ1) is 14.3. The van der Waals surface area contributed by atoms with Crippen molar-refractivity contribution in [3.63, 3.8) is 0 Å². The lowest BCUT2D eigenvalue weighted by atomic mass is 9.84. The molecule has 108 valence electrons. The minimum Gasteiger partial charge on any atom is -0.379 e. The van der Waals surface area contributed by atoms with E-state index in [9.17, 15) is 18.0 Å². The summed E-state index contributed by atoms with van der Waals surface area (Å²) in [6, 6.07) is -0.409. The molecule has 0 radical (unpaired) electrons. The van der Waals surface area contributed by atoms with Gasteiger partial charge in [-0.3, -0.25) is 4.79 Å². The van der Waals surface area contributed by atoms with Crippen LogP contribution in [0.3, 0.4) is 0 Å². The highest BCUT2D eigenvalue weighted by Crippen LogP contribution is 2.33. The third-order valence-electron chi connectivity index (χ3n) is 3.87. The van der Waals surface area contributed by atoms with Crippen LogP contribution < -0.4 is 5.73 Å². The molecule has 2 unspecified atom stereocenters. The second-order valence-electron chi connectivity index (χ2n) is 5.27. The average Bonchev–Trinajstić information content (AvgIpc) is 2.69. The molecule has 0 aromatic rings. The van der Waals surface area contributed by atoms with Crippen molar-refractivity contribution in [1.29, 1.82) is 0 Å². The van der Waals surface area contributed by atoms with Crippen LogP contribution in [0.15, 0.2) is 11.6 Å². The number of alkyl halides is 3. The molecule has 1 amide bonds. The summed E-state index contributed by atoms with van der Waals surface area (Å²) < 4.78 is 42.7. The molecule has 4 nitrogen and oxygen atoms in total. The van der Waals surface area contributed by atoms with Gasteiger partial charge in [-0.1, -0.05) is 6.08 Å². The normalized spacial score (nSPS) is 32.4. The zero-order valence-corrected chi connectivity index (χ0v) is 10.7.